The first-order chi connectivity index (χ1) is 13.1. The maximum atomic E-state index is 13.1. The molecule has 4 rings (SSSR count). The van der Waals surface area contributed by atoms with Gasteiger partial charge >= 0.3 is 0 Å². The molecule has 136 valence electrons. The summed E-state index contributed by atoms with van der Waals surface area (Å²) in [7, 11) is 0. The third-order valence-electron chi connectivity index (χ3n) is 4.23. The van der Waals surface area contributed by atoms with Crippen molar-refractivity contribution in [1.82, 2.24) is 4.90 Å². The summed E-state index contributed by atoms with van der Waals surface area (Å²) in [4.78, 5) is 28.2. The van der Waals surface area contributed by atoms with E-state index in [2.05, 4.69) is 0 Å². The molecule has 0 N–H and O–H groups in total. The van der Waals surface area contributed by atoms with E-state index in [4.69, 9.17) is 8.83 Å². The Morgan fingerprint density at radius 1 is 1.11 bits per heavy atom. The number of amides is 1. The van der Waals surface area contributed by atoms with E-state index >= 15 is 0 Å². The molecule has 0 spiro atoms. The van der Waals surface area contributed by atoms with Crippen LogP contribution in [0.25, 0.3) is 11.0 Å². The standard InChI is InChI=1S/C21H17NO4S/c1-14-6-7-19-17(10-14)18(23)11-20(26-19)21(24)22(12-15-4-2-8-25-15)13-16-5-3-9-27-16/h2-11H,12-13H2,1H3. The highest BCUT2D eigenvalue weighted by molar-refractivity contribution is 7.09. The second kappa shape index (κ2) is 7.25. The lowest BCUT2D eigenvalue weighted by molar-refractivity contribution is 0.0687. The highest BCUT2D eigenvalue weighted by atomic mass is 32.1. The van der Waals surface area contributed by atoms with Gasteiger partial charge in [-0.25, -0.2) is 0 Å². The van der Waals surface area contributed by atoms with Gasteiger partial charge in [-0.3, -0.25) is 9.59 Å². The molecule has 27 heavy (non-hydrogen) atoms. The van der Waals surface area contributed by atoms with Crippen LogP contribution in [0.3, 0.4) is 0 Å². The molecule has 0 bridgehead atoms. The third-order valence-corrected chi connectivity index (χ3v) is 5.10. The largest absolute Gasteiger partial charge is 0.467 e. The van der Waals surface area contributed by atoms with Gasteiger partial charge in [0.2, 0.25) is 0 Å². The predicted octanol–water partition coefficient (Wildman–Crippen LogP) is 4.60. The summed E-state index contributed by atoms with van der Waals surface area (Å²) in [5.74, 6) is 0.345. The molecule has 0 fully saturated rings. The van der Waals surface area contributed by atoms with E-state index in [0.717, 1.165) is 10.4 Å². The van der Waals surface area contributed by atoms with Gasteiger partial charge in [-0.05, 0) is 42.6 Å². The molecule has 0 atom stereocenters. The molecule has 5 nitrogen and oxygen atoms in total. The van der Waals surface area contributed by atoms with Crippen LogP contribution in [0.1, 0.15) is 26.8 Å². The van der Waals surface area contributed by atoms with Crippen LogP contribution in [0.2, 0.25) is 0 Å². The zero-order valence-corrected chi connectivity index (χ0v) is 15.5. The van der Waals surface area contributed by atoms with Crippen LogP contribution in [0.15, 0.2) is 73.8 Å². The van der Waals surface area contributed by atoms with Gasteiger partial charge in [-0.15, -0.1) is 11.3 Å². The van der Waals surface area contributed by atoms with Crippen molar-refractivity contribution in [2.75, 3.05) is 0 Å². The minimum Gasteiger partial charge on any atom is -0.467 e. The van der Waals surface area contributed by atoms with Gasteiger partial charge in [-0.2, -0.15) is 0 Å². The molecule has 0 unspecified atom stereocenters. The Bertz CT molecular complexity index is 1090. The van der Waals surface area contributed by atoms with Gasteiger partial charge in [-0.1, -0.05) is 17.7 Å². The van der Waals surface area contributed by atoms with Crippen LogP contribution >= 0.6 is 11.3 Å². The zero-order valence-electron chi connectivity index (χ0n) is 14.7. The third kappa shape index (κ3) is 3.71. The van der Waals surface area contributed by atoms with Gasteiger partial charge in [0.1, 0.15) is 11.3 Å². The monoisotopic (exact) mass is 379 g/mol. The minimum atomic E-state index is -0.348. The van der Waals surface area contributed by atoms with E-state index in [1.54, 1.807) is 40.7 Å². The van der Waals surface area contributed by atoms with E-state index in [0.29, 0.717) is 29.8 Å². The molecule has 1 aromatic carbocycles. The van der Waals surface area contributed by atoms with E-state index < -0.39 is 0 Å². The molecule has 6 heteroatoms. The number of furan rings is 1. The fraction of sp³-hybridized carbons (Fsp3) is 0.143. The summed E-state index contributed by atoms with van der Waals surface area (Å²) in [6, 6.07) is 14.1. The second-order valence-corrected chi connectivity index (χ2v) is 7.33. The zero-order chi connectivity index (χ0) is 18.8. The summed E-state index contributed by atoms with van der Waals surface area (Å²) in [5, 5.41) is 2.44. The molecule has 0 saturated carbocycles. The van der Waals surface area contributed by atoms with Crippen molar-refractivity contribution < 1.29 is 13.6 Å². The molecule has 0 saturated heterocycles. The number of rotatable bonds is 5. The summed E-state index contributed by atoms with van der Waals surface area (Å²) in [6.45, 7) is 2.61. The van der Waals surface area contributed by atoms with Crippen LogP contribution in [0.5, 0.6) is 0 Å². The highest BCUT2D eigenvalue weighted by Crippen LogP contribution is 2.20. The van der Waals surface area contributed by atoms with Crippen molar-refractivity contribution in [2.24, 2.45) is 0 Å². The maximum Gasteiger partial charge on any atom is 0.290 e. The summed E-state index contributed by atoms with van der Waals surface area (Å²) in [5.41, 5.74) is 1.15. The van der Waals surface area contributed by atoms with Gasteiger partial charge < -0.3 is 13.7 Å². The van der Waals surface area contributed by atoms with Gasteiger partial charge in [0.25, 0.3) is 5.91 Å². The fourth-order valence-corrected chi connectivity index (χ4v) is 3.63. The maximum absolute atomic E-state index is 13.1. The highest BCUT2D eigenvalue weighted by Gasteiger charge is 2.22. The number of carbonyl (C=O) groups excluding carboxylic acids is 1. The molecule has 0 aliphatic carbocycles. The first kappa shape index (κ1) is 17.3. The molecule has 3 aromatic heterocycles. The average molecular weight is 379 g/mol. The Morgan fingerprint density at radius 3 is 2.74 bits per heavy atom. The summed E-state index contributed by atoms with van der Waals surface area (Å²) < 4.78 is 11.2. The number of thiophene rings is 1. The number of fused-ring (bicyclic) bond motifs is 1. The summed E-state index contributed by atoms with van der Waals surface area (Å²) in [6.07, 6.45) is 1.57. The van der Waals surface area contributed by atoms with Crippen LogP contribution in [-0.4, -0.2) is 10.8 Å². The molecule has 0 radical (unpaired) electrons. The predicted molar refractivity (Wildman–Crippen MR) is 104 cm³/mol. The van der Waals surface area contributed by atoms with Crippen molar-refractivity contribution in [2.45, 2.75) is 20.0 Å². The molecule has 3 heterocycles. The lowest BCUT2D eigenvalue weighted by Gasteiger charge is -2.20. The fourth-order valence-electron chi connectivity index (χ4n) is 2.91. The number of hydrogen-bond donors (Lipinski definition) is 0. The van der Waals surface area contributed by atoms with Crippen molar-refractivity contribution in [3.63, 3.8) is 0 Å². The first-order valence-corrected chi connectivity index (χ1v) is 9.37. The van der Waals surface area contributed by atoms with Crippen molar-refractivity contribution >= 4 is 28.2 Å². The first-order valence-electron chi connectivity index (χ1n) is 8.49. The molecular formula is C21H17NO4S. The minimum absolute atomic E-state index is 0.0273. The SMILES string of the molecule is Cc1ccc2oc(C(=O)N(Cc3ccco3)Cc3cccs3)cc(=O)c2c1. The number of aryl methyl sites for hydroxylation is 1. The number of benzene rings is 1. The lowest BCUT2D eigenvalue weighted by atomic mass is 10.1. The molecule has 0 aliphatic rings. The average Bonchev–Trinajstić information content (AvgIpc) is 3.35. The van der Waals surface area contributed by atoms with E-state index in [-0.39, 0.29) is 17.1 Å². The second-order valence-electron chi connectivity index (χ2n) is 6.29. The summed E-state index contributed by atoms with van der Waals surface area (Å²) >= 11 is 1.57. The van der Waals surface area contributed by atoms with Crippen molar-refractivity contribution in [3.8, 4) is 0 Å². The van der Waals surface area contributed by atoms with Crippen LogP contribution in [-0.2, 0) is 13.1 Å². The number of carbonyl (C=O) groups is 1. The smallest absolute Gasteiger partial charge is 0.290 e. The van der Waals surface area contributed by atoms with Crippen molar-refractivity contribution in [1.29, 1.82) is 0 Å². The lowest BCUT2D eigenvalue weighted by Crippen LogP contribution is -2.30. The Morgan fingerprint density at radius 2 is 2.00 bits per heavy atom. The Kier molecular flexibility index (Phi) is 4.64. The molecular weight excluding hydrogens is 362 g/mol. The molecule has 4 aromatic rings. The van der Waals surface area contributed by atoms with Crippen LogP contribution < -0.4 is 5.43 Å². The molecule has 1 amide bonds. The van der Waals surface area contributed by atoms with Gasteiger partial charge in [0.15, 0.2) is 11.2 Å². The topological polar surface area (TPSA) is 63.7 Å². The normalized spacial score (nSPS) is 11.0. The van der Waals surface area contributed by atoms with Crippen molar-refractivity contribution in [3.05, 3.63) is 92.4 Å². The van der Waals surface area contributed by atoms with Crippen LogP contribution in [0.4, 0.5) is 0 Å². The Labute approximate surface area is 159 Å². The van der Waals surface area contributed by atoms with E-state index in [9.17, 15) is 9.59 Å². The number of nitrogens with zero attached hydrogens (tertiary/aromatic N) is 1. The van der Waals surface area contributed by atoms with Gasteiger partial charge in [0, 0.05) is 10.9 Å². The van der Waals surface area contributed by atoms with Gasteiger partial charge in [0.05, 0.1) is 24.7 Å². The van der Waals surface area contributed by atoms with E-state index in [1.807, 2.05) is 36.6 Å². The quantitative estimate of drug-likeness (QED) is 0.508. The van der Waals surface area contributed by atoms with Crippen LogP contribution in [0, 0.1) is 6.92 Å². The Hall–Kier alpha value is -3.12. The number of hydrogen-bond acceptors (Lipinski definition) is 5. The molecule has 0 aliphatic heterocycles. The van der Waals surface area contributed by atoms with E-state index in [1.165, 1.54) is 6.07 Å². The Balaban J connectivity index is 1.70.